The molecular formula is C25H34N8O5S2. The second-order valence-corrected chi connectivity index (χ2v) is 13.1. The number of carbonyl (C=O) groups is 1. The monoisotopic (exact) mass is 590 g/mol. The molecule has 2 atom stereocenters. The number of primary amides is 1. The van der Waals surface area contributed by atoms with Gasteiger partial charge in [-0.25, -0.2) is 18.1 Å². The van der Waals surface area contributed by atoms with Crippen LogP contribution in [0.3, 0.4) is 0 Å². The van der Waals surface area contributed by atoms with E-state index < -0.39 is 26.1 Å². The summed E-state index contributed by atoms with van der Waals surface area (Å²) in [6.07, 6.45) is 2.44. The number of hydrogen-bond donors (Lipinski definition) is 4. The molecule has 40 heavy (non-hydrogen) atoms. The van der Waals surface area contributed by atoms with E-state index in [0.29, 0.717) is 30.9 Å². The number of hydrazone groups is 1. The Morgan fingerprint density at radius 2 is 1.77 bits per heavy atom. The molecule has 2 aromatic rings. The molecule has 0 bridgehead atoms. The van der Waals surface area contributed by atoms with Crippen LogP contribution >= 0.6 is 0 Å². The second kappa shape index (κ2) is 12.3. The first-order chi connectivity index (χ1) is 18.9. The Bertz CT molecular complexity index is 1480. The average molecular weight is 591 g/mol. The summed E-state index contributed by atoms with van der Waals surface area (Å²) in [5, 5.41) is 9.28. The van der Waals surface area contributed by atoms with E-state index in [1.54, 1.807) is 24.3 Å². The molecule has 13 nitrogen and oxygen atoms in total. The smallest absolute Gasteiger partial charge is 0.304 e. The van der Waals surface area contributed by atoms with Crippen molar-refractivity contribution in [2.75, 3.05) is 44.2 Å². The topological polar surface area (TPSA) is 179 Å². The molecule has 15 heteroatoms. The standard InChI is InChI=1S/C25H34N8O5S2/c1-27-25(31-40(37,38)32-14-6-9-21(16-32)28-15-23(26)34)33-17-22(18-7-4-3-5-8-18)24(29-33)19-10-12-20(13-11-19)30-39(2,35)36/h3-5,7-8,10-13,21-22,28,30H,6,9,14-17H2,1-2H3,(H2,26,34)(H,27,31). The maximum Gasteiger partial charge on any atom is 0.304 e. The molecule has 4 rings (SSSR count). The molecule has 216 valence electrons. The first-order valence-electron chi connectivity index (χ1n) is 12.7. The van der Waals surface area contributed by atoms with Crippen LogP contribution in [-0.4, -0.2) is 89.3 Å². The summed E-state index contributed by atoms with van der Waals surface area (Å²) in [5.74, 6) is -0.637. The van der Waals surface area contributed by atoms with Crippen LogP contribution in [0.1, 0.15) is 29.9 Å². The summed E-state index contributed by atoms with van der Waals surface area (Å²) in [6, 6.07) is 16.4. The molecule has 1 amide bonds. The number of sulfonamides is 1. The van der Waals surface area contributed by atoms with Crippen LogP contribution in [0.15, 0.2) is 64.7 Å². The number of amides is 1. The van der Waals surface area contributed by atoms with Gasteiger partial charge in [0.25, 0.3) is 0 Å². The Morgan fingerprint density at radius 3 is 2.40 bits per heavy atom. The maximum atomic E-state index is 13.3. The van der Waals surface area contributed by atoms with Gasteiger partial charge in [-0.3, -0.25) is 14.5 Å². The summed E-state index contributed by atoms with van der Waals surface area (Å²) >= 11 is 0. The Morgan fingerprint density at radius 1 is 1.07 bits per heavy atom. The molecule has 0 saturated carbocycles. The van der Waals surface area contributed by atoms with Gasteiger partial charge in [-0.05, 0) is 36.1 Å². The van der Waals surface area contributed by atoms with E-state index in [-0.39, 0.29) is 31.0 Å². The number of benzene rings is 2. The predicted molar refractivity (Wildman–Crippen MR) is 155 cm³/mol. The van der Waals surface area contributed by atoms with Gasteiger partial charge in [0.1, 0.15) is 0 Å². The molecule has 2 aromatic carbocycles. The Labute approximate surface area is 234 Å². The van der Waals surface area contributed by atoms with E-state index in [2.05, 4.69) is 19.8 Å². The van der Waals surface area contributed by atoms with Gasteiger partial charge in [0.2, 0.25) is 21.9 Å². The fraction of sp³-hybridized carbons (Fsp3) is 0.400. The second-order valence-electron chi connectivity index (χ2n) is 9.68. The molecule has 2 aliphatic heterocycles. The maximum absolute atomic E-state index is 13.3. The van der Waals surface area contributed by atoms with Crippen LogP contribution in [0, 0.1) is 0 Å². The fourth-order valence-corrected chi connectivity index (χ4v) is 6.60. The van der Waals surface area contributed by atoms with Gasteiger partial charge < -0.3 is 11.1 Å². The number of piperidine rings is 1. The van der Waals surface area contributed by atoms with Crippen molar-refractivity contribution in [1.29, 1.82) is 0 Å². The van der Waals surface area contributed by atoms with Gasteiger partial charge in [-0.15, -0.1) is 0 Å². The van der Waals surface area contributed by atoms with Crippen molar-refractivity contribution in [3.05, 3.63) is 65.7 Å². The molecule has 0 aromatic heterocycles. The van der Waals surface area contributed by atoms with Crippen LogP contribution < -0.4 is 20.5 Å². The number of anilines is 1. The lowest BCUT2D eigenvalue weighted by molar-refractivity contribution is -0.117. The zero-order valence-electron chi connectivity index (χ0n) is 22.3. The van der Waals surface area contributed by atoms with E-state index in [4.69, 9.17) is 10.8 Å². The van der Waals surface area contributed by atoms with Crippen LogP contribution in [-0.2, 0) is 25.0 Å². The number of rotatable bonds is 9. The summed E-state index contributed by atoms with van der Waals surface area (Å²) < 4.78 is 56.2. The van der Waals surface area contributed by atoms with Crippen LogP contribution in [0.4, 0.5) is 5.69 Å². The minimum absolute atomic E-state index is 0.0227. The van der Waals surface area contributed by atoms with Crippen LogP contribution in [0.25, 0.3) is 0 Å². The van der Waals surface area contributed by atoms with E-state index in [0.717, 1.165) is 23.8 Å². The molecular weight excluding hydrogens is 556 g/mol. The largest absolute Gasteiger partial charge is 0.369 e. The zero-order chi connectivity index (χ0) is 28.9. The number of guanidine groups is 1. The minimum atomic E-state index is -3.97. The highest BCUT2D eigenvalue weighted by Gasteiger charge is 2.35. The third kappa shape index (κ3) is 7.56. The van der Waals surface area contributed by atoms with Crippen LogP contribution in [0.5, 0.6) is 0 Å². The molecule has 1 fully saturated rings. The van der Waals surface area contributed by atoms with Gasteiger partial charge in [-0.1, -0.05) is 42.5 Å². The molecule has 2 aliphatic rings. The molecule has 1 saturated heterocycles. The van der Waals surface area contributed by atoms with E-state index in [9.17, 15) is 21.6 Å². The summed E-state index contributed by atoms with van der Waals surface area (Å²) in [6.45, 7) is 0.830. The molecule has 0 radical (unpaired) electrons. The fourth-order valence-electron chi connectivity index (χ4n) is 4.73. The van der Waals surface area contributed by atoms with Gasteiger partial charge in [0, 0.05) is 37.8 Å². The van der Waals surface area contributed by atoms with E-state index in [1.165, 1.54) is 16.4 Å². The van der Waals surface area contributed by atoms with Gasteiger partial charge in [-0.2, -0.15) is 17.8 Å². The average Bonchev–Trinajstić information content (AvgIpc) is 3.36. The number of hydrogen-bond acceptors (Lipinski definition) is 8. The first-order valence-corrected chi connectivity index (χ1v) is 16.0. The highest BCUT2D eigenvalue weighted by Crippen LogP contribution is 2.29. The molecule has 5 N–H and O–H groups in total. The minimum Gasteiger partial charge on any atom is -0.369 e. The highest BCUT2D eigenvalue weighted by molar-refractivity contribution is 7.92. The summed E-state index contributed by atoms with van der Waals surface area (Å²) in [4.78, 5) is 15.3. The lowest BCUT2D eigenvalue weighted by Crippen LogP contribution is -2.54. The van der Waals surface area contributed by atoms with Crippen LogP contribution in [0.2, 0.25) is 0 Å². The van der Waals surface area contributed by atoms with Crippen molar-refractivity contribution in [3.63, 3.8) is 0 Å². The first kappa shape index (κ1) is 29.5. The summed E-state index contributed by atoms with van der Waals surface area (Å²) in [5.41, 5.74) is 8.07. The summed E-state index contributed by atoms with van der Waals surface area (Å²) in [7, 11) is -5.90. The van der Waals surface area contributed by atoms with E-state index >= 15 is 0 Å². The van der Waals surface area contributed by atoms with Crippen molar-refractivity contribution >= 4 is 43.5 Å². The normalized spacial score (nSPS) is 20.7. The van der Waals surface area contributed by atoms with Gasteiger partial charge in [0.15, 0.2) is 0 Å². The zero-order valence-corrected chi connectivity index (χ0v) is 24.0. The third-order valence-electron chi connectivity index (χ3n) is 6.57. The molecule has 2 heterocycles. The Kier molecular flexibility index (Phi) is 9.08. The highest BCUT2D eigenvalue weighted by atomic mass is 32.2. The molecule has 2 unspecified atom stereocenters. The van der Waals surface area contributed by atoms with Crippen molar-refractivity contribution in [2.24, 2.45) is 15.8 Å². The number of nitrogens with two attached hydrogens (primary N) is 1. The SMILES string of the molecule is CN=C(NS(=O)(=O)N1CCCC(NCC(N)=O)C1)N1CC(c2ccccc2)C(c2ccc(NS(C)(=O)=O)cc2)=N1. The van der Waals surface area contributed by atoms with E-state index in [1.807, 2.05) is 30.3 Å². The third-order valence-corrected chi connectivity index (χ3v) is 8.62. The molecule has 0 spiro atoms. The number of aliphatic imine (C=N–C) groups is 1. The Hall–Kier alpha value is -3.53. The lowest BCUT2D eigenvalue weighted by Gasteiger charge is -2.32. The number of nitrogens with zero attached hydrogens (tertiary/aromatic N) is 4. The van der Waals surface area contributed by atoms with Gasteiger partial charge >= 0.3 is 10.2 Å². The molecule has 0 aliphatic carbocycles. The lowest BCUT2D eigenvalue weighted by atomic mass is 9.90. The Balaban J connectivity index is 1.56. The quantitative estimate of drug-likeness (QED) is 0.238. The number of carbonyl (C=O) groups excluding carboxylic acids is 1. The van der Waals surface area contributed by atoms with Crippen molar-refractivity contribution in [3.8, 4) is 0 Å². The van der Waals surface area contributed by atoms with Crippen molar-refractivity contribution in [1.82, 2.24) is 19.4 Å². The predicted octanol–water partition coefficient (Wildman–Crippen LogP) is 0.221. The van der Waals surface area contributed by atoms with Crippen molar-refractivity contribution in [2.45, 2.75) is 24.8 Å². The van der Waals surface area contributed by atoms with Crippen molar-refractivity contribution < 1.29 is 21.6 Å². The number of nitrogens with one attached hydrogen (secondary N) is 3. The van der Waals surface area contributed by atoms with Gasteiger partial charge in [0.05, 0.1) is 25.1 Å².